The summed E-state index contributed by atoms with van der Waals surface area (Å²) in [7, 11) is 0. The Morgan fingerprint density at radius 1 is 1.20 bits per heavy atom. The van der Waals surface area contributed by atoms with Crippen molar-refractivity contribution in [1.82, 2.24) is 9.97 Å². The highest BCUT2D eigenvalue weighted by atomic mass is 79.9. The fraction of sp³-hybridized carbons (Fsp3) is 0. The van der Waals surface area contributed by atoms with Crippen LogP contribution in [-0.2, 0) is 0 Å². The molecule has 0 radical (unpaired) electrons. The quantitative estimate of drug-likeness (QED) is 0.753. The van der Waals surface area contributed by atoms with Gasteiger partial charge in [0.25, 0.3) is 5.91 Å². The van der Waals surface area contributed by atoms with Crippen molar-refractivity contribution in [2.45, 2.75) is 0 Å². The molecule has 0 saturated carbocycles. The molecule has 7 heteroatoms. The summed E-state index contributed by atoms with van der Waals surface area (Å²) >= 11 is 6.18. The minimum atomic E-state index is -0.233. The molecule has 2 heterocycles. The minimum Gasteiger partial charge on any atom is -0.296 e. The molecule has 20 heavy (non-hydrogen) atoms. The molecule has 0 saturated heterocycles. The van der Waals surface area contributed by atoms with E-state index in [-0.39, 0.29) is 5.91 Å². The zero-order valence-corrected chi connectivity index (χ0v) is 13.3. The summed E-state index contributed by atoms with van der Waals surface area (Å²) in [5, 5.41) is 6.94. The van der Waals surface area contributed by atoms with Gasteiger partial charge in [-0.2, -0.15) is 0 Å². The molecule has 100 valence electrons. The van der Waals surface area contributed by atoms with Crippen molar-refractivity contribution in [2.75, 3.05) is 5.32 Å². The van der Waals surface area contributed by atoms with Gasteiger partial charge in [-0.05, 0) is 12.1 Å². The fourth-order valence-electron chi connectivity index (χ4n) is 1.57. The van der Waals surface area contributed by atoms with Crippen LogP contribution in [-0.4, -0.2) is 15.9 Å². The van der Waals surface area contributed by atoms with Gasteiger partial charge in [0.1, 0.15) is 5.69 Å². The molecule has 0 atom stereocenters. The first-order chi connectivity index (χ1) is 9.72. The number of carbonyl (C=O) groups excluding carboxylic acids is 1. The summed E-state index contributed by atoms with van der Waals surface area (Å²) in [4.78, 5) is 20.2. The number of anilines is 1. The molecule has 0 aliphatic heterocycles. The Morgan fingerprint density at radius 2 is 2.00 bits per heavy atom. The standard InChI is InChI=1S/C13H8BrN3OS2/c14-9-3-1-8(2-4-9)10-6-20-13(16-10)17-12(18)11-5-19-7-15-11/h1-7H,(H,16,17,18). The Kier molecular flexibility index (Phi) is 3.90. The van der Waals surface area contributed by atoms with Gasteiger partial charge in [0.15, 0.2) is 5.13 Å². The van der Waals surface area contributed by atoms with E-state index in [0.717, 1.165) is 15.7 Å². The summed E-state index contributed by atoms with van der Waals surface area (Å²) in [6, 6.07) is 7.88. The van der Waals surface area contributed by atoms with Gasteiger partial charge in [0.2, 0.25) is 0 Å². The third-order valence-electron chi connectivity index (χ3n) is 2.53. The number of benzene rings is 1. The van der Waals surface area contributed by atoms with E-state index in [1.165, 1.54) is 22.7 Å². The van der Waals surface area contributed by atoms with E-state index in [0.29, 0.717) is 10.8 Å². The number of hydrogen-bond donors (Lipinski definition) is 1. The summed E-state index contributed by atoms with van der Waals surface area (Å²) in [6.45, 7) is 0. The molecular weight excluding hydrogens is 358 g/mol. The Bertz CT molecular complexity index is 722. The lowest BCUT2D eigenvalue weighted by molar-refractivity contribution is 0.102. The SMILES string of the molecule is O=C(Nc1nc(-c2ccc(Br)cc2)cs1)c1cscn1. The van der Waals surface area contributed by atoms with Gasteiger partial charge in [0, 0.05) is 20.8 Å². The van der Waals surface area contributed by atoms with Gasteiger partial charge in [-0.1, -0.05) is 28.1 Å². The second-order valence-electron chi connectivity index (χ2n) is 3.87. The number of rotatable bonds is 3. The van der Waals surface area contributed by atoms with Crippen molar-refractivity contribution < 1.29 is 4.79 Å². The zero-order chi connectivity index (χ0) is 13.9. The van der Waals surface area contributed by atoms with E-state index in [2.05, 4.69) is 31.2 Å². The van der Waals surface area contributed by atoms with Gasteiger partial charge in [-0.3, -0.25) is 10.1 Å². The number of thiazole rings is 2. The molecule has 3 rings (SSSR count). The topological polar surface area (TPSA) is 54.9 Å². The maximum atomic E-state index is 11.9. The molecule has 0 spiro atoms. The number of amides is 1. The van der Waals surface area contributed by atoms with Crippen molar-refractivity contribution in [1.29, 1.82) is 0 Å². The summed E-state index contributed by atoms with van der Waals surface area (Å²) in [5.74, 6) is -0.233. The van der Waals surface area contributed by atoms with Crippen LogP contribution in [0, 0.1) is 0 Å². The molecule has 0 unspecified atom stereocenters. The van der Waals surface area contributed by atoms with Gasteiger partial charge < -0.3 is 0 Å². The highest BCUT2D eigenvalue weighted by Crippen LogP contribution is 2.26. The van der Waals surface area contributed by atoms with E-state index in [9.17, 15) is 4.79 Å². The average molecular weight is 366 g/mol. The molecule has 1 N–H and O–H groups in total. The Hall–Kier alpha value is -1.57. The minimum absolute atomic E-state index is 0.233. The van der Waals surface area contributed by atoms with Crippen molar-refractivity contribution in [3.63, 3.8) is 0 Å². The summed E-state index contributed by atoms with van der Waals surface area (Å²) < 4.78 is 1.02. The molecule has 0 aliphatic rings. The molecule has 1 amide bonds. The number of nitrogens with zero attached hydrogens (tertiary/aromatic N) is 2. The first-order valence-electron chi connectivity index (χ1n) is 5.63. The van der Waals surface area contributed by atoms with Crippen molar-refractivity contribution in [3.05, 3.63) is 50.7 Å². The third-order valence-corrected chi connectivity index (χ3v) is 4.40. The fourth-order valence-corrected chi connectivity index (χ4v) is 3.08. The van der Waals surface area contributed by atoms with Crippen LogP contribution in [0.15, 0.2) is 45.0 Å². The smallest absolute Gasteiger partial charge is 0.276 e. The molecule has 0 bridgehead atoms. The van der Waals surface area contributed by atoms with Crippen molar-refractivity contribution in [2.24, 2.45) is 0 Å². The Balaban J connectivity index is 1.77. The van der Waals surface area contributed by atoms with Gasteiger partial charge in [0.05, 0.1) is 11.2 Å². The maximum Gasteiger partial charge on any atom is 0.276 e. The van der Waals surface area contributed by atoms with Crippen LogP contribution in [0.4, 0.5) is 5.13 Å². The first kappa shape index (κ1) is 13.4. The molecule has 3 aromatic rings. The zero-order valence-electron chi connectivity index (χ0n) is 10.0. The molecule has 0 aliphatic carbocycles. The van der Waals surface area contributed by atoms with E-state index in [1.54, 1.807) is 10.9 Å². The Morgan fingerprint density at radius 3 is 2.70 bits per heavy atom. The number of halogens is 1. The number of aromatic nitrogens is 2. The van der Waals surface area contributed by atoms with Gasteiger partial charge >= 0.3 is 0 Å². The lowest BCUT2D eigenvalue weighted by atomic mass is 10.2. The van der Waals surface area contributed by atoms with E-state index in [4.69, 9.17) is 0 Å². The summed E-state index contributed by atoms with van der Waals surface area (Å²) in [6.07, 6.45) is 0. The highest BCUT2D eigenvalue weighted by Gasteiger charge is 2.11. The summed E-state index contributed by atoms with van der Waals surface area (Å²) in [5.41, 5.74) is 3.90. The van der Waals surface area contributed by atoms with E-state index >= 15 is 0 Å². The van der Waals surface area contributed by atoms with Crippen LogP contribution < -0.4 is 5.32 Å². The first-order valence-corrected chi connectivity index (χ1v) is 8.25. The van der Waals surface area contributed by atoms with Crippen LogP contribution in [0.2, 0.25) is 0 Å². The second-order valence-corrected chi connectivity index (χ2v) is 6.37. The number of carbonyl (C=O) groups is 1. The average Bonchev–Trinajstić information content (AvgIpc) is 3.10. The molecule has 2 aromatic heterocycles. The number of hydrogen-bond acceptors (Lipinski definition) is 5. The van der Waals surface area contributed by atoms with Crippen molar-refractivity contribution >= 4 is 49.6 Å². The molecule has 1 aromatic carbocycles. The predicted molar refractivity (Wildman–Crippen MR) is 85.3 cm³/mol. The monoisotopic (exact) mass is 365 g/mol. The van der Waals surface area contributed by atoms with E-state index < -0.39 is 0 Å². The lowest BCUT2D eigenvalue weighted by Crippen LogP contribution is -2.11. The maximum absolute atomic E-state index is 11.9. The predicted octanol–water partition coefficient (Wildman–Crippen LogP) is 4.28. The van der Waals surface area contributed by atoms with Crippen LogP contribution in [0.25, 0.3) is 11.3 Å². The highest BCUT2D eigenvalue weighted by molar-refractivity contribution is 9.10. The second kappa shape index (κ2) is 5.82. The largest absolute Gasteiger partial charge is 0.296 e. The van der Waals surface area contributed by atoms with Crippen LogP contribution >= 0.6 is 38.6 Å². The normalized spacial score (nSPS) is 10.4. The number of nitrogens with one attached hydrogen (secondary N) is 1. The van der Waals surface area contributed by atoms with Crippen LogP contribution in [0.1, 0.15) is 10.5 Å². The molecular formula is C13H8BrN3OS2. The molecule has 4 nitrogen and oxygen atoms in total. The van der Waals surface area contributed by atoms with Gasteiger partial charge in [-0.15, -0.1) is 22.7 Å². The van der Waals surface area contributed by atoms with Crippen LogP contribution in [0.3, 0.4) is 0 Å². The third kappa shape index (κ3) is 2.95. The molecule has 0 fully saturated rings. The van der Waals surface area contributed by atoms with Crippen molar-refractivity contribution in [3.8, 4) is 11.3 Å². The lowest BCUT2D eigenvalue weighted by Gasteiger charge is -1.98. The van der Waals surface area contributed by atoms with Gasteiger partial charge in [-0.25, -0.2) is 9.97 Å². The van der Waals surface area contributed by atoms with E-state index in [1.807, 2.05) is 29.6 Å². The Labute approximate surface area is 131 Å². The van der Waals surface area contributed by atoms with Crippen LogP contribution in [0.5, 0.6) is 0 Å².